The number of hydrogen-bond donors (Lipinski definition) is 1. The van der Waals surface area contributed by atoms with Crippen molar-refractivity contribution in [3.8, 4) is 0 Å². The molecule has 2 N–H and O–H groups in total. The molecule has 1 rings (SSSR count). The van der Waals surface area contributed by atoms with E-state index in [2.05, 4.69) is 9.89 Å². The third-order valence-corrected chi connectivity index (χ3v) is 1.77. The number of rotatable bonds is 5. The lowest BCUT2D eigenvalue weighted by atomic mass is 10.2. The third kappa shape index (κ3) is 4.83. The molecule has 5 heteroatoms. The number of benzene rings is 1. The number of hydrogen-bond acceptors (Lipinski definition) is 4. The van der Waals surface area contributed by atoms with Gasteiger partial charge in [0.1, 0.15) is 6.26 Å². The van der Waals surface area contributed by atoms with Gasteiger partial charge in [-0.2, -0.15) is 0 Å². The van der Waals surface area contributed by atoms with E-state index in [0.29, 0.717) is 6.61 Å². The van der Waals surface area contributed by atoms with Gasteiger partial charge in [-0.15, -0.1) is 0 Å². The molecule has 0 saturated heterocycles. The number of oxime groups is 1. The zero-order valence-corrected chi connectivity index (χ0v) is 9.50. The van der Waals surface area contributed by atoms with Crippen molar-refractivity contribution in [3.63, 3.8) is 0 Å². The molecule has 0 heterocycles. The summed E-state index contributed by atoms with van der Waals surface area (Å²) in [6.45, 7) is 2.04. The van der Waals surface area contributed by atoms with E-state index in [4.69, 9.17) is 10.6 Å². The Kier molecular flexibility index (Phi) is 5.30. The summed E-state index contributed by atoms with van der Waals surface area (Å²) < 4.78 is 4.65. The lowest BCUT2D eigenvalue weighted by molar-refractivity contribution is -0.137. The standard InChI is InChI=1S/C12H14N2O3/c1-2-16-11(15)8-9-17-14-12(13)10-6-4-3-5-7-10/h3-9H,2H2,1H3,(H2,13,14)/b9-8+. The van der Waals surface area contributed by atoms with Gasteiger partial charge >= 0.3 is 5.97 Å². The minimum Gasteiger partial charge on any atom is -0.463 e. The number of carbonyl (C=O) groups excluding carboxylic acids is 1. The Morgan fingerprint density at radius 1 is 1.41 bits per heavy atom. The predicted octanol–water partition coefficient (Wildman–Crippen LogP) is 1.40. The van der Waals surface area contributed by atoms with Crippen LogP contribution < -0.4 is 5.73 Å². The fourth-order valence-corrected chi connectivity index (χ4v) is 1.03. The Morgan fingerprint density at radius 2 is 2.12 bits per heavy atom. The molecule has 1 aromatic rings. The SMILES string of the molecule is CCOC(=O)/C=C/O/N=C(\N)c1ccccc1. The molecule has 90 valence electrons. The molecule has 0 radical (unpaired) electrons. The number of nitrogens with zero attached hydrogens (tertiary/aromatic N) is 1. The molecular formula is C12H14N2O3. The maximum Gasteiger partial charge on any atom is 0.333 e. The highest BCUT2D eigenvalue weighted by molar-refractivity contribution is 5.96. The summed E-state index contributed by atoms with van der Waals surface area (Å²) in [6, 6.07) is 9.16. The van der Waals surface area contributed by atoms with Crippen molar-refractivity contribution in [2.24, 2.45) is 10.9 Å². The second-order valence-electron chi connectivity index (χ2n) is 3.00. The number of nitrogens with two attached hydrogens (primary N) is 1. The summed E-state index contributed by atoms with van der Waals surface area (Å²) in [5.74, 6) is -0.250. The van der Waals surface area contributed by atoms with E-state index in [9.17, 15) is 4.79 Å². The van der Waals surface area contributed by atoms with Crippen LogP contribution in [0.1, 0.15) is 12.5 Å². The molecule has 0 atom stereocenters. The van der Waals surface area contributed by atoms with E-state index in [1.165, 1.54) is 0 Å². The first-order chi connectivity index (χ1) is 8.24. The maximum absolute atomic E-state index is 10.9. The molecule has 0 bridgehead atoms. The minimum atomic E-state index is -0.485. The normalized spacial score (nSPS) is 11.5. The van der Waals surface area contributed by atoms with E-state index in [-0.39, 0.29) is 5.84 Å². The molecule has 0 aromatic heterocycles. The van der Waals surface area contributed by atoms with Gasteiger partial charge in [-0.3, -0.25) is 0 Å². The average molecular weight is 234 g/mol. The van der Waals surface area contributed by atoms with Gasteiger partial charge in [0.15, 0.2) is 5.84 Å². The zero-order chi connectivity index (χ0) is 12.5. The highest BCUT2D eigenvalue weighted by Gasteiger charge is 1.96. The summed E-state index contributed by atoms with van der Waals surface area (Å²) in [7, 11) is 0. The molecule has 0 aliphatic rings. The number of esters is 1. The Bertz CT molecular complexity index is 413. The Hall–Kier alpha value is -2.30. The third-order valence-electron chi connectivity index (χ3n) is 1.77. The van der Waals surface area contributed by atoms with Crippen molar-refractivity contribution < 1.29 is 14.4 Å². The van der Waals surface area contributed by atoms with Gasteiger partial charge in [0, 0.05) is 5.56 Å². The van der Waals surface area contributed by atoms with E-state index >= 15 is 0 Å². The summed E-state index contributed by atoms with van der Waals surface area (Å²) in [6.07, 6.45) is 2.25. The molecule has 1 aromatic carbocycles. The lowest BCUT2D eigenvalue weighted by Crippen LogP contribution is -2.13. The summed E-state index contributed by atoms with van der Waals surface area (Å²) >= 11 is 0. The highest BCUT2D eigenvalue weighted by Crippen LogP contribution is 1.98. The monoisotopic (exact) mass is 234 g/mol. The van der Waals surface area contributed by atoms with Gasteiger partial charge in [0.25, 0.3) is 0 Å². The van der Waals surface area contributed by atoms with Crippen LogP contribution in [0.15, 0.2) is 47.8 Å². The van der Waals surface area contributed by atoms with Gasteiger partial charge < -0.3 is 15.3 Å². The molecule has 0 spiro atoms. The Balaban J connectivity index is 2.47. The smallest absolute Gasteiger partial charge is 0.333 e. The first-order valence-electron chi connectivity index (χ1n) is 5.12. The van der Waals surface area contributed by atoms with Crippen LogP contribution in [0.3, 0.4) is 0 Å². The van der Waals surface area contributed by atoms with Gasteiger partial charge in [0.2, 0.25) is 0 Å². The van der Waals surface area contributed by atoms with Gasteiger partial charge in [0.05, 0.1) is 12.7 Å². The molecule has 0 saturated carbocycles. The van der Waals surface area contributed by atoms with E-state index in [1.54, 1.807) is 19.1 Å². The van der Waals surface area contributed by atoms with Crippen LogP contribution in [-0.2, 0) is 14.4 Å². The molecule has 5 nitrogen and oxygen atoms in total. The largest absolute Gasteiger partial charge is 0.463 e. The van der Waals surface area contributed by atoms with Crippen molar-refractivity contribution in [1.82, 2.24) is 0 Å². The number of ether oxygens (including phenoxy) is 1. The second-order valence-corrected chi connectivity index (χ2v) is 3.00. The van der Waals surface area contributed by atoms with Gasteiger partial charge in [-0.05, 0) is 6.92 Å². The van der Waals surface area contributed by atoms with E-state index in [1.807, 2.05) is 18.2 Å². The van der Waals surface area contributed by atoms with Crippen LogP contribution in [-0.4, -0.2) is 18.4 Å². The van der Waals surface area contributed by atoms with E-state index in [0.717, 1.165) is 17.9 Å². The van der Waals surface area contributed by atoms with Crippen molar-refractivity contribution >= 4 is 11.8 Å². The fourth-order valence-electron chi connectivity index (χ4n) is 1.03. The van der Waals surface area contributed by atoms with Crippen LogP contribution in [0.25, 0.3) is 0 Å². The number of carbonyl (C=O) groups is 1. The number of amidine groups is 1. The predicted molar refractivity (Wildman–Crippen MR) is 64.0 cm³/mol. The van der Waals surface area contributed by atoms with Crippen LogP contribution in [0.5, 0.6) is 0 Å². The first-order valence-corrected chi connectivity index (χ1v) is 5.12. The van der Waals surface area contributed by atoms with Gasteiger partial charge in [-0.1, -0.05) is 35.5 Å². The molecule has 0 unspecified atom stereocenters. The van der Waals surface area contributed by atoms with E-state index < -0.39 is 5.97 Å². The molecule has 0 amide bonds. The van der Waals surface area contributed by atoms with Crippen LogP contribution in [0.4, 0.5) is 0 Å². The second kappa shape index (κ2) is 7.05. The minimum absolute atomic E-state index is 0.235. The molecule has 17 heavy (non-hydrogen) atoms. The quantitative estimate of drug-likeness (QED) is 0.209. The zero-order valence-electron chi connectivity index (χ0n) is 9.50. The molecule has 0 fully saturated rings. The fraction of sp³-hybridized carbons (Fsp3) is 0.167. The molecule has 0 aliphatic carbocycles. The molecular weight excluding hydrogens is 220 g/mol. The van der Waals surface area contributed by atoms with Gasteiger partial charge in [-0.25, -0.2) is 4.79 Å². The topological polar surface area (TPSA) is 73.9 Å². The van der Waals surface area contributed by atoms with Crippen LogP contribution in [0.2, 0.25) is 0 Å². The molecule has 0 aliphatic heterocycles. The maximum atomic E-state index is 10.9. The summed E-state index contributed by atoms with van der Waals surface area (Å²) in [5, 5.41) is 3.63. The Morgan fingerprint density at radius 3 is 2.76 bits per heavy atom. The first kappa shape index (κ1) is 12.8. The average Bonchev–Trinajstić information content (AvgIpc) is 2.36. The summed E-state index contributed by atoms with van der Waals surface area (Å²) in [5.41, 5.74) is 6.39. The van der Waals surface area contributed by atoms with Crippen molar-refractivity contribution in [2.75, 3.05) is 6.61 Å². The van der Waals surface area contributed by atoms with Crippen LogP contribution >= 0.6 is 0 Å². The summed E-state index contributed by atoms with van der Waals surface area (Å²) in [4.78, 5) is 15.6. The lowest BCUT2D eigenvalue weighted by Gasteiger charge is -1.98. The van der Waals surface area contributed by atoms with Crippen molar-refractivity contribution in [3.05, 3.63) is 48.2 Å². The Labute approximate surface area is 99.5 Å². The van der Waals surface area contributed by atoms with Crippen molar-refractivity contribution in [1.29, 1.82) is 0 Å². The van der Waals surface area contributed by atoms with Crippen LogP contribution in [0, 0.1) is 0 Å². The van der Waals surface area contributed by atoms with Crippen molar-refractivity contribution in [2.45, 2.75) is 6.92 Å². The highest BCUT2D eigenvalue weighted by atomic mass is 16.6.